The summed E-state index contributed by atoms with van der Waals surface area (Å²) in [6.07, 6.45) is 1.97. The molecule has 5 heteroatoms. The van der Waals surface area contributed by atoms with Gasteiger partial charge in [0.1, 0.15) is 18.5 Å². The zero-order valence-corrected chi connectivity index (χ0v) is 17.0. The van der Waals surface area contributed by atoms with Crippen LogP contribution in [0, 0.1) is 0 Å². The number of aliphatic hydroxyl groups excluding tert-OH is 2. The van der Waals surface area contributed by atoms with Gasteiger partial charge in [0, 0.05) is 39.3 Å². The quantitative estimate of drug-likeness (QED) is 0.753. The fraction of sp³-hybridized carbons (Fsp3) is 0.500. The van der Waals surface area contributed by atoms with Crippen LogP contribution >= 0.6 is 0 Å². The second-order valence-electron chi connectivity index (χ2n) is 8.37. The Kier molecular flexibility index (Phi) is 6.82. The summed E-state index contributed by atoms with van der Waals surface area (Å²) in [7, 11) is 0. The van der Waals surface area contributed by atoms with Crippen molar-refractivity contribution in [1.82, 2.24) is 9.80 Å². The van der Waals surface area contributed by atoms with E-state index in [4.69, 9.17) is 4.74 Å². The fourth-order valence-corrected chi connectivity index (χ4v) is 4.33. The van der Waals surface area contributed by atoms with E-state index in [1.165, 1.54) is 16.7 Å². The van der Waals surface area contributed by atoms with E-state index in [-0.39, 0.29) is 6.10 Å². The van der Waals surface area contributed by atoms with E-state index in [1.54, 1.807) is 0 Å². The molecule has 2 aromatic carbocycles. The number of fused-ring (bicyclic) bond motifs is 1. The normalized spacial score (nSPS) is 19.7. The monoisotopic (exact) mass is 396 g/mol. The van der Waals surface area contributed by atoms with Crippen LogP contribution in [0.2, 0.25) is 0 Å². The van der Waals surface area contributed by atoms with Gasteiger partial charge in [0.05, 0.1) is 6.10 Å². The summed E-state index contributed by atoms with van der Waals surface area (Å²) in [5.74, 6) is 0.813. The number of hydrogen-bond donors (Lipinski definition) is 2. The van der Waals surface area contributed by atoms with Crippen LogP contribution in [-0.4, -0.2) is 65.0 Å². The highest BCUT2D eigenvalue weighted by molar-refractivity contribution is 5.31. The van der Waals surface area contributed by atoms with Gasteiger partial charge in [-0.1, -0.05) is 36.4 Å². The number of likely N-dealkylation sites (tertiary alicyclic amines) is 1. The van der Waals surface area contributed by atoms with Crippen molar-refractivity contribution in [2.75, 3.05) is 32.8 Å². The van der Waals surface area contributed by atoms with E-state index in [1.807, 2.05) is 12.1 Å². The summed E-state index contributed by atoms with van der Waals surface area (Å²) in [6.45, 7) is 5.54. The lowest BCUT2D eigenvalue weighted by Crippen LogP contribution is -2.41. The molecule has 0 spiro atoms. The molecular formula is C24H32N2O3. The van der Waals surface area contributed by atoms with Gasteiger partial charge >= 0.3 is 0 Å². The first-order valence-corrected chi connectivity index (χ1v) is 10.7. The van der Waals surface area contributed by atoms with E-state index in [0.717, 1.165) is 57.7 Å². The summed E-state index contributed by atoms with van der Waals surface area (Å²) in [4.78, 5) is 4.67. The van der Waals surface area contributed by atoms with Gasteiger partial charge in [0.2, 0.25) is 0 Å². The summed E-state index contributed by atoms with van der Waals surface area (Å²) < 4.78 is 5.87. The predicted molar refractivity (Wildman–Crippen MR) is 114 cm³/mol. The molecule has 1 unspecified atom stereocenters. The molecule has 0 radical (unpaired) electrons. The number of benzene rings is 2. The third-order valence-electron chi connectivity index (χ3n) is 5.98. The number of hydrogen-bond acceptors (Lipinski definition) is 5. The summed E-state index contributed by atoms with van der Waals surface area (Å²) >= 11 is 0. The number of nitrogens with zero attached hydrogens (tertiary/aromatic N) is 2. The maximum Gasteiger partial charge on any atom is 0.119 e. The van der Waals surface area contributed by atoms with Crippen molar-refractivity contribution < 1.29 is 14.9 Å². The molecule has 1 fully saturated rings. The Morgan fingerprint density at radius 1 is 0.966 bits per heavy atom. The zero-order valence-electron chi connectivity index (χ0n) is 17.0. The smallest absolute Gasteiger partial charge is 0.119 e. The topological polar surface area (TPSA) is 56.2 Å². The average Bonchev–Trinajstić information content (AvgIpc) is 2.74. The van der Waals surface area contributed by atoms with Crippen LogP contribution in [0.25, 0.3) is 0 Å². The molecule has 1 atom stereocenters. The van der Waals surface area contributed by atoms with Gasteiger partial charge < -0.3 is 19.8 Å². The minimum atomic E-state index is -0.521. The van der Waals surface area contributed by atoms with Crippen LogP contribution < -0.4 is 4.74 Å². The Morgan fingerprint density at radius 3 is 2.59 bits per heavy atom. The van der Waals surface area contributed by atoms with Crippen molar-refractivity contribution in [3.05, 3.63) is 65.2 Å². The first kappa shape index (κ1) is 20.4. The van der Waals surface area contributed by atoms with E-state index in [0.29, 0.717) is 13.2 Å². The maximum atomic E-state index is 10.3. The molecular weight excluding hydrogens is 364 g/mol. The van der Waals surface area contributed by atoms with Crippen LogP contribution in [0.15, 0.2) is 48.5 Å². The SMILES string of the molecule is OC1CCN(CC(O)COc2cccc(CN3CCc4ccccc4C3)c2)CC1. The van der Waals surface area contributed by atoms with Gasteiger partial charge in [-0.05, 0) is 48.1 Å². The number of aliphatic hydroxyl groups is 2. The third-order valence-corrected chi connectivity index (χ3v) is 5.98. The van der Waals surface area contributed by atoms with Crippen LogP contribution in [-0.2, 0) is 19.5 Å². The number of β-amino-alcohol motifs (C(OH)–C–C–N with tert-alkyl or cyclic N) is 1. The van der Waals surface area contributed by atoms with Gasteiger partial charge in [-0.25, -0.2) is 0 Å². The van der Waals surface area contributed by atoms with Crippen LogP contribution in [0.4, 0.5) is 0 Å². The van der Waals surface area contributed by atoms with Crippen molar-refractivity contribution in [3.63, 3.8) is 0 Å². The number of ether oxygens (including phenoxy) is 1. The fourth-order valence-electron chi connectivity index (χ4n) is 4.33. The van der Waals surface area contributed by atoms with E-state index < -0.39 is 6.10 Å². The second-order valence-corrected chi connectivity index (χ2v) is 8.37. The number of piperidine rings is 1. The first-order valence-electron chi connectivity index (χ1n) is 10.7. The lowest BCUT2D eigenvalue weighted by atomic mass is 9.99. The van der Waals surface area contributed by atoms with E-state index in [2.05, 4.69) is 46.2 Å². The lowest BCUT2D eigenvalue weighted by Gasteiger charge is -2.31. The Labute approximate surface area is 173 Å². The molecule has 2 heterocycles. The maximum absolute atomic E-state index is 10.3. The third kappa shape index (κ3) is 5.80. The van der Waals surface area contributed by atoms with Crippen LogP contribution in [0.5, 0.6) is 5.75 Å². The van der Waals surface area contributed by atoms with Gasteiger partial charge in [-0.15, -0.1) is 0 Å². The van der Waals surface area contributed by atoms with Crippen LogP contribution in [0.1, 0.15) is 29.5 Å². The molecule has 2 N–H and O–H groups in total. The zero-order chi connectivity index (χ0) is 20.1. The second kappa shape index (κ2) is 9.72. The standard InChI is InChI=1S/C24H32N2O3/c27-22-9-12-25(13-10-22)17-23(28)18-29-24-7-3-4-19(14-24)15-26-11-8-20-5-1-2-6-21(20)16-26/h1-7,14,22-23,27-28H,8-13,15-18H2. The summed E-state index contributed by atoms with van der Waals surface area (Å²) in [5.41, 5.74) is 4.14. The van der Waals surface area contributed by atoms with Gasteiger partial charge in [0.25, 0.3) is 0 Å². The molecule has 156 valence electrons. The van der Waals surface area contributed by atoms with Gasteiger partial charge in [0.15, 0.2) is 0 Å². The van der Waals surface area contributed by atoms with Crippen molar-refractivity contribution >= 4 is 0 Å². The minimum absolute atomic E-state index is 0.184. The Bertz CT molecular complexity index is 789. The molecule has 1 saturated heterocycles. The Hall–Kier alpha value is -1.92. The molecule has 2 aromatic rings. The van der Waals surface area contributed by atoms with Crippen molar-refractivity contribution in [2.24, 2.45) is 0 Å². The summed E-state index contributed by atoms with van der Waals surface area (Å²) in [6, 6.07) is 16.9. The van der Waals surface area contributed by atoms with E-state index >= 15 is 0 Å². The molecule has 5 nitrogen and oxygen atoms in total. The molecule has 29 heavy (non-hydrogen) atoms. The first-order chi connectivity index (χ1) is 14.2. The highest BCUT2D eigenvalue weighted by Crippen LogP contribution is 2.22. The molecule has 4 rings (SSSR count). The van der Waals surface area contributed by atoms with Crippen molar-refractivity contribution in [2.45, 2.75) is 44.6 Å². The molecule has 0 aromatic heterocycles. The van der Waals surface area contributed by atoms with Crippen LogP contribution in [0.3, 0.4) is 0 Å². The molecule has 0 aliphatic carbocycles. The Balaban J connectivity index is 1.25. The number of rotatable bonds is 7. The lowest BCUT2D eigenvalue weighted by molar-refractivity contribution is 0.0337. The Morgan fingerprint density at radius 2 is 1.76 bits per heavy atom. The highest BCUT2D eigenvalue weighted by atomic mass is 16.5. The molecule has 0 saturated carbocycles. The summed E-state index contributed by atoms with van der Waals surface area (Å²) in [5, 5.41) is 19.9. The minimum Gasteiger partial charge on any atom is -0.491 e. The molecule has 0 bridgehead atoms. The molecule has 2 aliphatic rings. The molecule has 0 amide bonds. The largest absolute Gasteiger partial charge is 0.491 e. The average molecular weight is 397 g/mol. The highest BCUT2D eigenvalue weighted by Gasteiger charge is 2.20. The van der Waals surface area contributed by atoms with Gasteiger partial charge in [-0.2, -0.15) is 0 Å². The predicted octanol–water partition coefficient (Wildman–Crippen LogP) is 2.44. The van der Waals surface area contributed by atoms with E-state index in [9.17, 15) is 10.2 Å². The molecule has 2 aliphatic heterocycles. The van der Waals surface area contributed by atoms with Gasteiger partial charge in [-0.3, -0.25) is 4.90 Å². The van der Waals surface area contributed by atoms with Crippen molar-refractivity contribution in [1.29, 1.82) is 0 Å². The van der Waals surface area contributed by atoms with Crippen molar-refractivity contribution in [3.8, 4) is 5.75 Å².